The molecular formula is C14H18N4O3S. The lowest BCUT2D eigenvalue weighted by Gasteiger charge is -2.11. The van der Waals surface area contributed by atoms with Crippen molar-refractivity contribution in [3.05, 3.63) is 23.5 Å². The van der Waals surface area contributed by atoms with E-state index < -0.39 is 0 Å². The molecular weight excluding hydrogens is 304 g/mol. The molecule has 0 fully saturated rings. The Morgan fingerprint density at radius 1 is 1.05 bits per heavy atom. The van der Waals surface area contributed by atoms with E-state index in [1.165, 1.54) is 11.8 Å². The van der Waals surface area contributed by atoms with Crippen molar-refractivity contribution in [1.82, 2.24) is 14.9 Å². The molecule has 0 radical (unpaired) electrons. The molecule has 0 spiro atoms. The highest BCUT2D eigenvalue weighted by atomic mass is 32.2. The van der Waals surface area contributed by atoms with Crippen LogP contribution in [0.5, 0.6) is 17.2 Å². The summed E-state index contributed by atoms with van der Waals surface area (Å²) in [5.74, 6) is 2.55. The fourth-order valence-corrected chi connectivity index (χ4v) is 2.35. The van der Waals surface area contributed by atoms with E-state index >= 15 is 0 Å². The summed E-state index contributed by atoms with van der Waals surface area (Å²) < 4.78 is 17.6. The number of ether oxygens (including phenoxy) is 3. The molecule has 22 heavy (non-hydrogen) atoms. The summed E-state index contributed by atoms with van der Waals surface area (Å²) in [4.78, 5) is 0. The molecule has 0 atom stereocenters. The number of methoxy groups -OCH3 is 3. The summed E-state index contributed by atoms with van der Waals surface area (Å²) in [5.41, 5.74) is 0.764. The van der Waals surface area contributed by atoms with Crippen molar-refractivity contribution in [2.75, 3.05) is 27.6 Å². The molecule has 0 bridgehead atoms. The van der Waals surface area contributed by atoms with Crippen LogP contribution in [-0.2, 0) is 0 Å². The minimum Gasteiger partial charge on any atom is -0.496 e. The van der Waals surface area contributed by atoms with Gasteiger partial charge in [0.05, 0.1) is 27.5 Å². The average molecular weight is 322 g/mol. The third-order valence-corrected chi connectivity index (χ3v) is 3.62. The second-order valence-electron chi connectivity index (χ2n) is 4.24. The quantitative estimate of drug-likeness (QED) is 0.600. The topological polar surface area (TPSA) is 70.8 Å². The van der Waals surface area contributed by atoms with Crippen LogP contribution in [0.2, 0.25) is 0 Å². The van der Waals surface area contributed by atoms with Crippen LogP contribution in [0.15, 0.2) is 22.4 Å². The largest absolute Gasteiger partial charge is 0.496 e. The van der Waals surface area contributed by atoms with Crippen molar-refractivity contribution in [1.29, 1.82) is 0 Å². The van der Waals surface area contributed by atoms with Gasteiger partial charge in [-0.3, -0.25) is 0 Å². The zero-order valence-corrected chi connectivity index (χ0v) is 14.0. The fourth-order valence-electron chi connectivity index (χ4n) is 1.87. The lowest BCUT2D eigenvalue weighted by atomic mass is 10.2. The maximum Gasteiger partial charge on any atom is 0.211 e. The number of benzene rings is 1. The molecule has 0 aliphatic carbocycles. The van der Waals surface area contributed by atoms with Crippen molar-refractivity contribution in [2.45, 2.75) is 12.1 Å². The summed E-state index contributed by atoms with van der Waals surface area (Å²) in [6.45, 7) is 1.84. The lowest BCUT2D eigenvalue weighted by molar-refractivity contribution is 0.349. The minimum absolute atomic E-state index is 0.599. The average Bonchev–Trinajstić information content (AvgIpc) is 2.91. The number of hydrogen-bond donors (Lipinski definition) is 0. The minimum atomic E-state index is 0.599. The molecule has 1 heterocycles. The predicted molar refractivity (Wildman–Crippen MR) is 85.6 cm³/mol. The van der Waals surface area contributed by atoms with E-state index in [9.17, 15) is 0 Å². The number of aryl methyl sites for hydroxylation is 1. The summed E-state index contributed by atoms with van der Waals surface area (Å²) >= 11 is 1.47. The molecule has 0 N–H and O–H groups in total. The Balaban J connectivity index is 2.43. The molecule has 0 saturated heterocycles. The van der Waals surface area contributed by atoms with E-state index in [0.717, 1.165) is 5.56 Å². The van der Waals surface area contributed by atoms with E-state index in [0.29, 0.717) is 28.2 Å². The molecule has 0 aliphatic heterocycles. The van der Waals surface area contributed by atoms with E-state index in [2.05, 4.69) is 15.3 Å². The monoisotopic (exact) mass is 322 g/mol. The standard InChI is InChI=1S/C14H18N4O3S/c1-9-16-17-14(22-5)18(9)15-8-10-6-12(20-3)13(21-4)7-11(10)19-2/h6-8H,1-5H3/b15-8-. The second kappa shape index (κ2) is 7.17. The number of rotatable bonds is 6. The first kappa shape index (κ1) is 16.2. The Hall–Kier alpha value is -2.22. The third kappa shape index (κ3) is 3.16. The molecule has 0 amide bonds. The van der Waals surface area contributed by atoms with E-state index in [4.69, 9.17) is 14.2 Å². The number of aromatic nitrogens is 3. The van der Waals surface area contributed by atoms with Crippen LogP contribution < -0.4 is 14.2 Å². The van der Waals surface area contributed by atoms with Crippen LogP contribution in [0, 0.1) is 6.92 Å². The summed E-state index contributed by atoms with van der Waals surface area (Å²) in [6, 6.07) is 3.56. The number of nitrogens with zero attached hydrogens (tertiary/aromatic N) is 4. The summed E-state index contributed by atoms with van der Waals surface area (Å²) in [6.07, 6.45) is 3.60. The molecule has 1 aromatic heterocycles. The normalized spacial score (nSPS) is 11.0. The SMILES string of the molecule is COc1cc(OC)c(OC)cc1/C=N\n1c(C)nnc1SC. The van der Waals surface area contributed by atoms with Crippen molar-refractivity contribution in [2.24, 2.45) is 5.10 Å². The van der Waals surface area contributed by atoms with Crippen LogP contribution in [0.4, 0.5) is 0 Å². The third-order valence-electron chi connectivity index (χ3n) is 3.00. The Morgan fingerprint density at radius 2 is 1.68 bits per heavy atom. The molecule has 0 aliphatic rings. The zero-order chi connectivity index (χ0) is 16.1. The van der Waals surface area contributed by atoms with Crippen LogP contribution >= 0.6 is 11.8 Å². The zero-order valence-electron chi connectivity index (χ0n) is 13.2. The van der Waals surface area contributed by atoms with Gasteiger partial charge >= 0.3 is 0 Å². The Bertz CT molecular complexity index is 685. The Morgan fingerprint density at radius 3 is 2.27 bits per heavy atom. The predicted octanol–water partition coefficient (Wildman–Crippen LogP) is 2.22. The van der Waals surface area contributed by atoms with Gasteiger partial charge in [0.25, 0.3) is 0 Å². The molecule has 0 unspecified atom stereocenters. The molecule has 8 heteroatoms. The highest BCUT2D eigenvalue weighted by Gasteiger charge is 2.11. The molecule has 1 aromatic carbocycles. The van der Waals surface area contributed by atoms with Crippen LogP contribution in [0.3, 0.4) is 0 Å². The molecule has 118 valence electrons. The highest BCUT2D eigenvalue weighted by Crippen LogP contribution is 2.33. The summed E-state index contributed by atoms with van der Waals surface area (Å²) in [7, 11) is 4.76. The van der Waals surface area contributed by atoms with Gasteiger partial charge < -0.3 is 14.2 Å². The van der Waals surface area contributed by atoms with Gasteiger partial charge in [-0.05, 0) is 19.2 Å². The van der Waals surface area contributed by atoms with Gasteiger partial charge in [0.1, 0.15) is 5.75 Å². The summed E-state index contributed by atoms with van der Waals surface area (Å²) in [5, 5.41) is 13.2. The number of hydrogen-bond acceptors (Lipinski definition) is 7. The van der Waals surface area contributed by atoms with Gasteiger partial charge in [-0.2, -0.15) is 9.78 Å². The van der Waals surface area contributed by atoms with Crippen molar-refractivity contribution < 1.29 is 14.2 Å². The van der Waals surface area contributed by atoms with Crippen LogP contribution in [-0.4, -0.2) is 48.7 Å². The lowest BCUT2D eigenvalue weighted by Crippen LogP contribution is -1.99. The van der Waals surface area contributed by atoms with Gasteiger partial charge in [-0.15, -0.1) is 10.2 Å². The van der Waals surface area contributed by atoms with Crippen molar-refractivity contribution >= 4 is 18.0 Å². The second-order valence-corrected chi connectivity index (χ2v) is 5.01. The smallest absolute Gasteiger partial charge is 0.211 e. The molecule has 0 saturated carbocycles. The van der Waals surface area contributed by atoms with Gasteiger partial charge in [0.2, 0.25) is 5.16 Å². The number of thioether (sulfide) groups is 1. The Labute approximate surface area is 133 Å². The highest BCUT2D eigenvalue weighted by molar-refractivity contribution is 7.98. The van der Waals surface area contributed by atoms with E-state index in [1.54, 1.807) is 44.4 Å². The van der Waals surface area contributed by atoms with Gasteiger partial charge in [0.15, 0.2) is 17.3 Å². The molecule has 7 nitrogen and oxygen atoms in total. The van der Waals surface area contributed by atoms with Crippen molar-refractivity contribution in [3.63, 3.8) is 0 Å². The molecule has 2 aromatic rings. The fraction of sp³-hybridized carbons (Fsp3) is 0.357. The van der Waals surface area contributed by atoms with Crippen LogP contribution in [0.1, 0.15) is 11.4 Å². The van der Waals surface area contributed by atoms with Gasteiger partial charge in [0, 0.05) is 11.6 Å². The van der Waals surface area contributed by atoms with E-state index in [-0.39, 0.29) is 0 Å². The first-order chi connectivity index (χ1) is 10.6. The van der Waals surface area contributed by atoms with E-state index in [1.807, 2.05) is 13.2 Å². The van der Waals surface area contributed by atoms with Gasteiger partial charge in [-0.1, -0.05) is 11.8 Å². The first-order valence-corrected chi connectivity index (χ1v) is 7.67. The van der Waals surface area contributed by atoms with Crippen molar-refractivity contribution in [3.8, 4) is 17.2 Å². The maximum absolute atomic E-state index is 5.37. The van der Waals surface area contributed by atoms with Gasteiger partial charge in [-0.25, -0.2) is 0 Å². The molecule has 2 rings (SSSR count). The van der Waals surface area contributed by atoms with Crippen LogP contribution in [0.25, 0.3) is 0 Å². The Kier molecular flexibility index (Phi) is 5.26. The first-order valence-electron chi connectivity index (χ1n) is 6.45. The maximum atomic E-state index is 5.37.